The summed E-state index contributed by atoms with van der Waals surface area (Å²) in [7, 11) is -1.47. The monoisotopic (exact) mass is 231 g/mol. The van der Waals surface area contributed by atoms with Gasteiger partial charge in [0.15, 0.2) is 0 Å². The Morgan fingerprint density at radius 1 is 1.20 bits per heavy atom. The highest BCUT2D eigenvalue weighted by atomic mass is 28.3. The first kappa shape index (κ1) is 15.1. The van der Waals surface area contributed by atoms with Gasteiger partial charge < -0.3 is 10.1 Å². The molecule has 2 nitrogen and oxygen atoms in total. The first-order chi connectivity index (χ1) is 6.60. The Labute approximate surface area is 96.6 Å². The van der Waals surface area contributed by atoms with Crippen LogP contribution in [0.4, 0.5) is 0 Å². The molecular weight excluding hydrogens is 202 g/mol. The Hall–Kier alpha value is 0.137. The average molecular weight is 231 g/mol. The minimum atomic E-state index is -1.47. The maximum Gasteiger partial charge on any atom is 0.125 e. The van der Waals surface area contributed by atoms with Crippen molar-refractivity contribution in [3.8, 4) is 0 Å². The SMILES string of the molecule is CC(C)C[C@@H](CO)N[Si](C)(C)C(C)(C)C. The Balaban J connectivity index is 4.40. The van der Waals surface area contributed by atoms with Crippen LogP contribution in [-0.4, -0.2) is 26.0 Å². The lowest BCUT2D eigenvalue weighted by atomic mass is 10.1. The molecule has 92 valence electrons. The number of hydrogen-bond donors (Lipinski definition) is 2. The molecule has 0 rings (SSSR count). The average Bonchev–Trinajstić information content (AvgIpc) is 1.99. The zero-order chi connectivity index (χ0) is 12.3. The Kier molecular flexibility index (Phi) is 5.51. The molecular formula is C12H29NOSi. The van der Waals surface area contributed by atoms with Crippen molar-refractivity contribution in [1.29, 1.82) is 0 Å². The standard InChI is InChI=1S/C12H29NOSi/c1-10(2)8-11(9-14)13-15(6,7)12(3,4)5/h10-11,13-14H,8-9H2,1-7H3/t11-/m0/s1. The Morgan fingerprint density at radius 3 is 1.93 bits per heavy atom. The van der Waals surface area contributed by atoms with E-state index in [0.29, 0.717) is 11.0 Å². The lowest BCUT2D eigenvalue weighted by molar-refractivity contribution is 0.238. The van der Waals surface area contributed by atoms with Crippen LogP contribution in [0.5, 0.6) is 0 Å². The normalized spacial score (nSPS) is 15.8. The predicted molar refractivity (Wildman–Crippen MR) is 70.7 cm³/mol. The maximum absolute atomic E-state index is 9.36. The Bertz CT molecular complexity index is 185. The van der Waals surface area contributed by atoms with Crippen LogP contribution < -0.4 is 4.98 Å². The van der Waals surface area contributed by atoms with Crippen LogP contribution in [-0.2, 0) is 0 Å². The number of aliphatic hydroxyl groups excluding tert-OH is 1. The van der Waals surface area contributed by atoms with E-state index < -0.39 is 8.24 Å². The molecule has 0 aliphatic heterocycles. The molecule has 0 amide bonds. The van der Waals surface area contributed by atoms with Gasteiger partial charge >= 0.3 is 0 Å². The second-order valence-electron chi connectivity index (χ2n) is 6.53. The van der Waals surface area contributed by atoms with Gasteiger partial charge in [0.2, 0.25) is 0 Å². The molecule has 15 heavy (non-hydrogen) atoms. The molecule has 0 unspecified atom stereocenters. The van der Waals surface area contributed by atoms with Crippen molar-refractivity contribution in [2.45, 2.75) is 65.2 Å². The molecule has 0 saturated heterocycles. The predicted octanol–water partition coefficient (Wildman–Crippen LogP) is 2.99. The van der Waals surface area contributed by atoms with Crippen LogP contribution in [0.2, 0.25) is 18.1 Å². The number of rotatable bonds is 5. The first-order valence-corrected chi connectivity index (χ1v) is 8.98. The van der Waals surface area contributed by atoms with Crippen molar-refractivity contribution >= 4 is 8.24 Å². The van der Waals surface area contributed by atoms with Crippen LogP contribution in [0, 0.1) is 5.92 Å². The fourth-order valence-corrected chi connectivity index (χ4v) is 3.14. The fraction of sp³-hybridized carbons (Fsp3) is 1.00. The molecule has 0 aromatic carbocycles. The molecule has 0 bridgehead atoms. The summed E-state index contributed by atoms with van der Waals surface area (Å²) < 4.78 is 0. The van der Waals surface area contributed by atoms with Crippen molar-refractivity contribution < 1.29 is 5.11 Å². The van der Waals surface area contributed by atoms with Crippen molar-refractivity contribution in [2.24, 2.45) is 5.92 Å². The van der Waals surface area contributed by atoms with Gasteiger partial charge in [-0.1, -0.05) is 47.7 Å². The number of nitrogens with one attached hydrogen (secondary N) is 1. The van der Waals surface area contributed by atoms with Crippen LogP contribution in [0.25, 0.3) is 0 Å². The van der Waals surface area contributed by atoms with Crippen LogP contribution >= 0.6 is 0 Å². The number of hydrogen-bond acceptors (Lipinski definition) is 2. The van der Waals surface area contributed by atoms with E-state index in [1.807, 2.05) is 0 Å². The summed E-state index contributed by atoms with van der Waals surface area (Å²) in [6, 6.07) is 0.269. The molecule has 2 N–H and O–H groups in total. The van der Waals surface area contributed by atoms with Crippen molar-refractivity contribution in [2.75, 3.05) is 6.61 Å². The molecule has 3 heteroatoms. The quantitative estimate of drug-likeness (QED) is 0.713. The molecule has 0 fully saturated rings. The summed E-state index contributed by atoms with van der Waals surface area (Å²) in [6.45, 7) is 16.2. The minimum Gasteiger partial charge on any atom is -0.395 e. The van der Waals surface area contributed by atoms with Crippen LogP contribution in [0.3, 0.4) is 0 Å². The van der Waals surface area contributed by atoms with E-state index >= 15 is 0 Å². The lowest BCUT2D eigenvalue weighted by Crippen LogP contribution is -2.57. The van der Waals surface area contributed by atoms with E-state index in [0.717, 1.165) is 6.42 Å². The van der Waals surface area contributed by atoms with Crippen molar-refractivity contribution in [1.82, 2.24) is 4.98 Å². The van der Waals surface area contributed by atoms with E-state index in [4.69, 9.17) is 0 Å². The zero-order valence-electron chi connectivity index (χ0n) is 11.5. The summed E-state index contributed by atoms with van der Waals surface area (Å²) >= 11 is 0. The summed E-state index contributed by atoms with van der Waals surface area (Å²) in [5, 5.41) is 9.69. The highest BCUT2D eigenvalue weighted by Crippen LogP contribution is 2.34. The van der Waals surface area contributed by atoms with Gasteiger partial charge in [-0.15, -0.1) is 0 Å². The summed E-state index contributed by atoms with van der Waals surface area (Å²) in [5.41, 5.74) is 0. The second kappa shape index (κ2) is 5.46. The van der Waals surface area contributed by atoms with Gasteiger partial charge in [-0.05, 0) is 17.4 Å². The van der Waals surface area contributed by atoms with E-state index in [1.165, 1.54) is 0 Å². The smallest absolute Gasteiger partial charge is 0.125 e. The van der Waals surface area contributed by atoms with Crippen LogP contribution in [0.15, 0.2) is 0 Å². The Morgan fingerprint density at radius 2 is 1.67 bits per heavy atom. The summed E-state index contributed by atoms with van der Waals surface area (Å²) in [6.07, 6.45) is 1.06. The highest BCUT2D eigenvalue weighted by Gasteiger charge is 2.36. The molecule has 0 aromatic rings. The van der Waals surface area contributed by atoms with E-state index in [2.05, 4.69) is 52.7 Å². The fourth-order valence-electron chi connectivity index (χ4n) is 1.47. The maximum atomic E-state index is 9.36. The zero-order valence-corrected chi connectivity index (χ0v) is 12.5. The van der Waals surface area contributed by atoms with E-state index in [1.54, 1.807) is 0 Å². The third kappa shape index (κ3) is 5.14. The summed E-state index contributed by atoms with van der Waals surface area (Å²) in [4.78, 5) is 3.70. The first-order valence-electron chi connectivity index (χ1n) is 5.98. The third-order valence-electron chi connectivity index (χ3n) is 3.42. The second-order valence-corrected chi connectivity index (χ2v) is 11.6. The molecule has 0 spiro atoms. The number of aliphatic hydroxyl groups is 1. The van der Waals surface area contributed by atoms with E-state index in [9.17, 15) is 5.11 Å². The van der Waals surface area contributed by atoms with Crippen molar-refractivity contribution in [3.05, 3.63) is 0 Å². The molecule has 0 aliphatic rings. The molecule has 0 aliphatic carbocycles. The van der Waals surface area contributed by atoms with Gasteiger partial charge in [-0.3, -0.25) is 0 Å². The molecule has 0 radical (unpaired) electrons. The summed E-state index contributed by atoms with van der Waals surface area (Å²) in [5.74, 6) is 0.638. The third-order valence-corrected chi connectivity index (χ3v) is 8.30. The van der Waals surface area contributed by atoms with Gasteiger partial charge in [-0.2, -0.15) is 0 Å². The molecule has 0 aromatic heterocycles. The largest absolute Gasteiger partial charge is 0.395 e. The van der Waals surface area contributed by atoms with Gasteiger partial charge in [0.1, 0.15) is 8.24 Å². The minimum absolute atomic E-state index is 0.255. The van der Waals surface area contributed by atoms with Gasteiger partial charge in [-0.25, -0.2) is 0 Å². The molecule has 0 saturated carbocycles. The molecule has 1 atom stereocenters. The van der Waals surface area contributed by atoms with Crippen molar-refractivity contribution in [3.63, 3.8) is 0 Å². The van der Waals surface area contributed by atoms with Gasteiger partial charge in [0.25, 0.3) is 0 Å². The van der Waals surface area contributed by atoms with E-state index in [-0.39, 0.29) is 12.6 Å². The topological polar surface area (TPSA) is 32.3 Å². The highest BCUT2D eigenvalue weighted by molar-refractivity contribution is 6.77. The van der Waals surface area contributed by atoms with Gasteiger partial charge in [0.05, 0.1) is 6.61 Å². The lowest BCUT2D eigenvalue weighted by Gasteiger charge is -2.40. The van der Waals surface area contributed by atoms with Crippen LogP contribution in [0.1, 0.15) is 41.0 Å². The molecule has 0 heterocycles. The van der Waals surface area contributed by atoms with Gasteiger partial charge in [0, 0.05) is 6.04 Å².